The van der Waals surface area contributed by atoms with E-state index >= 15 is 0 Å². The number of esters is 1. The second-order valence-corrected chi connectivity index (χ2v) is 7.47. The molecule has 1 atom stereocenters. The molecule has 1 aromatic heterocycles. The molecule has 0 amide bonds. The van der Waals surface area contributed by atoms with E-state index in [-0.39, 0.29) is 5.82 Å². The molecule has 0 spiro atoms. The van der Waals surface area contributed by atoms with Gasteiger partial charge in [0.15, 0.2) is 5.82 Å². The molecule has 0 saturated carbocycles. The van der Waals surface area contributed by atoms with Gasteiger partial charge in [0.05, 0.1) is 7.11 Å². The first-order valence-electron chi connectivity index (χ1n) is 7.43. The van der Waals surface area contributed by atoms with Crippen LogP contribution in [0.3, 0.4) is 0 Å². The lowest BCUT2D eigenvalue weighted by molar-refractivity contribution is 0.0603. The Morgan fingerprint density at radius 2 is 2.10 bits per heavy atom. The number of carbonyl (C=O) groups excluding carboxylic acids is 1. The van der Waals surface area contributed by atoms with Gasteiger partial charge >= 0.3 is 5.97 Å². The van der Waals surface area contributed by atoms with Crippen LogP contribution in [0, 0.1) is 11.3 Å². The van der Waals surface area contributed by atoms with E-state index in [1.165, 1.54) is 25.1 Å². The first-order valence-corrected chi connectivity index (χ1v) is 8.20. The fourth-order valence-corrected chi connectivity index (χ4v) is 3.82. The molecule has 118 valence electrons. The van der Waals surface area contributed by atoms with E-state index in [9.17, 15) is 4.79 Å². The number of hydrogen-bond acceptors (Lipinski definition) is 6. The van der Waals surface area contributed by atoms with Gasteiger partial charge in [0.2, 0.25) is 0 Å². The Bertz CT molecular complexity index is 508. The standard InChI is InChI=1S/C15H25N3O2S/c1-15(2,3)10-6-5-8-18(9-7-10)13-11(14(19)20-4)12(16)17-21-13/h10H,5-9H2,1-4H3,(H2,16,17). The molecule has 21 heavy (non-hydrogen) atoms. The molecule has 2 rings (SSSR count). The molecule has 5 nitrogen and oxygen atoms in total. The zero-order valence-electron chi connectivity index (χ0n) is 13.3. The highest BCUT2D eigenvalue weighted by atomic mass is 32.1. The lowest BCUT2D eigenvalue weighted by Gasteiger charge is -2.29. The maximum absolute atomic E-state index is 11.9. The summed E-state index contributed by atoms with van der Waals surface area (Å²) >= 11 is 1.29. The summed E-state index contributed by atoms with van der Waals surface area (Å²) in [6.45, 7) is 8.79. The van der Waals surface area contributed by atoms with Crippen LogP contribution in [0.1, 0.15) is 50.4 Å². The fraction of sp³-hybridized carbons (Fsp3) is 0.733. The Balaban J connectivity index is 2.18. The Morgan fingerprint density at radius 1 is 1.38 bits per heavy atom. The van der Waals surface area contributed by atoms with Gasteiger partial charge in [-0.2, -0.15) is 4.37 Å². The highest BCUT2D eigenvalue weighted by Gasteiger charge is 2.30. The van der Waals surface area contributed by atoms with Crippen molar-refractivity contribution in [3.8, 4) is 0 Å². The van der Waals surface area contributed by atoms with Crippen molar-refractivity contribution in [2.24, 2.45) is 11.3 Å². The molecular weight excluding hydrogens is 286 g/mol. The average molecular weight is 311 g/mol. The van der Waals surface area contributed by atoms with Gasteiger partial charge < -0.3 is 15.4 Å². The van der Waals surface area contributed by atoms with Crippen LogP contribution in [0.5, 0.6) is 0 Å². The first kappa shape index (κ1) is 16.1. The van der Waals surface area contributed by atoms with Crippen LogP contribution in [-0.4, -0.2) is 30.5 Å². The third-order valence-corrected chi connectivity index (χ3v) is 5.25. The molecule has 2 heterocycles. The van der Waals surface area contributed by atoms with Crippen LogP contribution in [0.2, 0.25) is 0 Å². The number of ether oxygens (including phenoxy) is 1. The zero-order chi connectivity index (χ0) is 15.6. The summed E-state index contributed by atoms with van der Waals surface area (Å²) in [5.74, 6) is 0.584. The van der Waals surface area contributed by atoms with E-state index in [0.717, 1.165) is 30.9 Å². The summed E-state index contributed by atoms with van der Waals surface area (Å²) in [5, 5.41) is 0.855. The van der Waals surface area contributed by atoms with Gasteiger partial charge in [-0.1, -0.05) is 20.8 Å². The Labute approximate surface area is 130 Å². The van der Waals surface area contributed by atoms with Crippen molar-refractivity contribution in [1.29, 1.82) is 0 Å². The van der Waals surface area contributed by atoms with Crippen molar-refractivity contribution in [2.75, 3.05) is 30.8 Å². The lowest BCUT2D eigenvalue weighted by atomic mass is 9.77. The van der Waals surface area contributed by atoms with E-state index in [4.69, 9.17) is 10.5 Å². The predicted molar refractivity (Wildman–Crippen MR) is 86.9 cm³/mol. The smallest absolute Gasteiger partial charge is 0.344 e. The van der Waals surface area contributed by atoms with Gasteiger partial charge in [0.25, 0.3) is 0 Å². The quantitative estimate of drug-likeness (QED) is 0.850. The Kier molecular flexibility index (Phi) is 4.76. The monoisotopic (exact) mass is 311 g/mol. The van der Waals surface area contributed by atoms with Crippen LogP contribution in [0.15, 0.2) is 0 Å². The second kappa shape index (κ2) is 6.22. The Hall–Kier alpha value is -1.30. The number of aromatic nitrogens is 1. The summed E-state index contributed by atoms with van der Waals surface area (Å²) in [4.78, 5) is 14.1. The number of anilines is 2. The number of methoxy groups -OCH3 is 1. The first-order chi connectivity index (χ1) is 9.84. The minimum atomic E-state index is -0.395. The summed E-state index contributed by atoms with van der Waals surface area (Å²) in [7, 11) is 1.38. The topological polar surface area (TPSA) is 68.5 Å². The van der Waals surface area contributed by atoms with Crippen molar-refractivity contribution in [3.63, 3.8) is 0 Å². The van der Waals surface area contributed by atoms with Crippen LogP contribution in [-0.2, 0) is 4.74 Å². The molecule has 1 unspecified atom stereocenters. The van der Waals surface area contributed by atoms with Gasteiger partial charge in [-0.3, -0.25) is 0 Å². The summed E-state index contributed by atoms with van der Waals surface area (Å²) in [6, 6.07) is 0. The number of hydrogen-bond donors (Lipinski definition) is 1. The number of carbonyl (C=O) groups is 1. The van der Waals surface area contributed by atoms with E-state index in [1.54, 1.807) is 0 Å². The van der Waals surface area contributed by atoms with Crippen molar-refractivity contribution in [3.05, 3.63) is 5.56 Å². The van der Waals surface area contributed by atoms with Crippen molar-refractivity contribution < 1.29 is 9.53 Å². The molecule has 1 aromatic rings. The average Bonchev–Trinajstić information content (AvgIpc) is 2.65. The molecule has 1 saturated heterocycles. The third kappa shape index (κ3) is 3.48. The largest absolute Gasteiger partial charge is 0.465 e. The minimum Gasteiger partial charge on any atom is -0.465 e. The molecule has 2 N–H and O–H groups in total. The van der Waals surface area contributed by atoms with Crippen molar-refractivity contribution in [2.45, 2.75) is 40.0 Å². The normalized spacial score (nSPS) is 20.2. The van der Waals surface area contributed by atoms with Crippen LogP contribution >= 0.6 is 11.5 Å². The number of nitrogen functional groups attached to an aromatic ring is 1. The number of rotatable bonds is 2. The van der Waals surface area contributed by atoms with Gasteiger partial charge in [-0.25, -0.2) is 4.79 Å². The van der Waals surface area contributed by atoms with Gasteiger partial charge in [-0.15, -0.1) is 0 Å². The molecule has 1 aliphatic heterocycles. The fourth-order valence-electron chi connectivity index (χ4n) is 2.97. The van der Waals surface area contributed by atoms with E-state index in [2.05, 4.69) is 30.0 Å². The maximum atomic E-state index is 11.9. The van der Waals surface area contributed by atoms with Crippen LogP contribution in [0.4, 0.5) is 10.8 Å². The minimum absolute atomic E-state index is 0.276. The van der Waals surface area contributed by atoms with Gasteiger partial charge in [0, 0.05) is 13.1 Å². The van der Waals surface area contributed by atoms with Gasteiger partial charge in [-0.05, 0) is 42.1 Å². The highest BCUT2D eigenvalue weighted by molar-refractivity contribution is 7.11. The summed E-state index contributed by atoms with van der Waals surface area (Å²) in [6.07, 6.45) is 3.48. The second-order valence-electron chi connectivity index (χ2n) is 6.72. The summed E-state index contributed by atoms with van der Waals surface area (Å²) < 4.78 is 8.97. The lowest BCUT2D eigenvalue weighted by Crippen LogP contribution is -2.26. The van der Waals surface area contributed by atoms with E-state index in [1.807, 2.05) is 0 Å². The molecule has 1 aliphatic rings. The number of nitrogens with zero attached hydrogens (tertiary/aromatic N) is 2. The molecule has 0 radical (unpaired) electrons. The third-order valence-electron chi connectivity index (χ3n) is 4.33. The molecule has 0 aliphatic carbocycles. The molecule has 0 aromatic carbocycles. The van der Waals surface area contributed by atoms with Crippen LogP contribution < -0.4 is 10.6 Å². The molecular formula is C15H25N3O2S. The highest BCUT2D eigenvalue weighted by Crippen LogP contribution is 2.37. The van der Waals surface area contributed by atoms with E-state index in [0.29, 0.717) is 16.9 Å². The summed E-state index contributed by atoms with van der Waals surface area (Å²) in [5.41, 5.74) is 6.59. The predicted octanol–water partition coefficient (Wildman–Crippen LogP) is 3.16. The zero-order valence-corrected chi connectivity index (χ0v) is 14.1. The number of nitrogens with two attached hydrogens (primary N) is 1. The van der Waals surface area contributed by atoms with Gasteiger partial charge in [0.1, 0.15) is 10.6 Å². The molecule has 0 bridgehead atoms. The molecule has 6 heteroatoms. The maximum Gasteiger partial charge on any atom is 0.344 e. The van der Waals surface area contributed by atoms with Crippen LogP contribution in [0.25, 0.3) is 0 Å². The van der Waals surface area contributed by atoms with Crippen molar-refractivity contribution >= 4 is 28.3 Å². The van der Waals surface area contributed by atoms with E-state index < -0.39 is 5.97 Å². The van der Waals surface area contributed by atoms with Crippen molar-refractivity contribution in [1.82, 2.24) is 4.37 Å². The SMILES string of the molecule is COC(=O)c1c(N)nsc1N1CCCC(C(C)(C)C)CC1. The molecule has 1 fully saturated rings. The Morgan fingerprint density at radius 3 is 2.71 bits per heavy atom.